The van der Waals surface area contributed by atoms with E-state index in [1.165, 1.54) is 4.90 Å². The van der Waals surface area contributed by atoms with Crippen molar-refractivity contribution < 1.29 is 14.7 Å². The molecule has 6 heteroatoms. The summed E-state index contributed by atoms with van der Waals surface area (Å²) in [5, 5.41) is 12.1. The Morgan fingerprint density at radius 3 is 2.71 bits per heavy atom. The molecule has 0 spiro atoms. The van der Waals surface area contributed by atoms with Gasteiger partial charge >= 0.3 is 5.97 Å². The van der Waals surface area contributed by atoms with E-state index in [-0.39, 0.29) is 24.5 Å². The highest BCUT2D eigenvalue weighted by molar-refractivity contribution is 7.99. The van der Waals surface area contributed by atoms with Gasteiger partial charge < -0.3 is 15.3 Å². The summed E-state index contributed by atoms with van der Waals surface area (Å²) in [5.41, 5.74) is 0. The number of nitrogens with one attached hydrogen (secondary N) is 1. The highest BCUT2D eigenvalue weighted by Gasteiger charge is 2.34. The molecule has 1 unspecified atom stereocenters. The molecular formula is C11H18N2O3S. The topological polar surface area (TPSA) is 69.6 Å². The van der Waals surface area contributed by atoms with E-state index in [1.54, 1.807) is 0 Å². The van der Waals surface area contributed by atoms with E-state index < -0.39 is 5.97 Å². The third kappa shape index (κ3) is 3.89. The van der Waals surface area contributed by atoms with Crippen molar-refractivity contribution >= 4 is 23.6 Å². The summed E-state index contributed by atoms with van der Waals surface area (Å²) in [6, 6.07) is 0.381. The van der Waals surface area contributed by atoms with Crippen LogP contribution in [0.2, 0.25) is 0 Å². The van der Waals surface area contributed by atoms with Crippen LogP contribution in [0.25, 0.3) is 0 Å². The lowest BCUT2D eigenvalue weighted by Gasteiger charge is -2.26. The van der Waals surface area contributed by atoms with Gasteiger partial charge in [0.1, 0.15) is 6.54 Å². The molecule has 1 saturated heterocycles. The molecule has 2 rings (SSSR count). The molecule has 1 heterocycles. The quantitative estimate of drug-likeness (QED) is 0.735. The fourth-order valence-corrected chi connectivity index (χ4v) is 2.98. The normalized spacial score (nSPS) is 24.4. The molecule has 2 aliphatic rings. The number of carboxylic acids is 1. The second-order valence-electron chi connectivity index (χ2n) is 4.58. The third-order valence-electron chi connectivity index (χ3n) is 3.03. The number of hydrogen-bond acceptors (Lipinski definition) is 4. The van der Waals surface area contributed by atoms with E-state index in [2.05, 4.69) is 5.32 Å². The summed E-state index contributed by atoms with van der Waals surface area (Å²) >= 11 is 1.85. The molecule has 0 bridgehead atoms. The minimum Gasteiger partial charge on any atom is -0.480 e. The average Bonchev–Trinajstić information content (AvgIpc) is 3.10. The molecule has 17 heavy (non-hydrogen) atoms. The van der Waals surface area contributed by atoms with Gasteiger partial charge in [0.2, 0.25) is 5.91 Å². The Labute approximate surface area is 105 Å². The molecule has 0 aromatic heterocycles. The monoisotopic (exact) mass is 258 g/mol. The molecule has 5 nitrogen and oxygen atoms in total. The van der Waals surface area contributed by atoms with Gasteiger partial charge in [-0.05, 0) is 12.8 Å². The first-order valence-electron chi connectivity index (χ1n) is 5.99. The van der Waals surface area contributed by atoms with Gasteiger partial charge in [-0.25, -0.2) is 0 Å². The molecule has 1 atom stereocenters. The fourth-order valence-electron chi connectivity index (χ4n) is 2.03. The standard InChI is InChI=1S/C11H18N2O3S/c14-10(5-8-7-17-4-3-12-8)13(6-11(15)16)9-1-2-9/h8-9,12H,1-7H2,(H,15,16). The zero-order valence-corrected chi connectivity index (χ0v) is 10.5. The van der Waals surface area contributed by atoms with Gasteiger partial charge in [-0.3, -0.25) is 9.59 Å². The number of carboxylic acid groups (broad SMARTS) is 1. The summed E-state index contributed by atoms with van der Waals surface area (Å²) in [6.07, 6.45) is 2.33. The van der Waals surface area contributed by atoms with Crippen LogP contribution in [0.3, 0.4) is 0 Å². The van der Waals surface area contributed by atoms with Crippen molar-refractivity contribution in [3.63, 3.8) is 0 Å². The second kappa shape index (κ2) is 5.73. The van der Waals surface area contributed by atoms with Gasteiger partial charge in [-0.1, -0.05) is 0 Å². The molecule has 1 aliphatic heterocycles. The lowest BCUT2D eigenvalue weighted by Crippen LogP contribution is -2.44. The molecule has 1 amide bonds. The summed E-state index contributed by atoms with van der Waals surface area (Å²) < 4.78 is 0. The molecule has 2 fully saturated rings. The van der Waals surface area contributed by atoms with E-state index in [0.29, 0.717) is 6.42 Å². The first-order chi connectivity index (χ1) is 8.16. The van der Waals surface area contributed by atoms with E-state index in [1.807, 2.05) is 11.8 Å². The van der Waals surface area contributed by atoms with Crippen LogP contribution >= 0.6 is 11.8 Å². The minimum absolute atomic E-state index is 0.0186. The average molecular weight is 258 g/mol. The molecular weight excluding hydrogens is 240 g/mol. The van der Waals surface area contributed by atoms with Crippen molar-refractivity contribution in [3.05, 3.63) is 0 Å². The maximum absolute atomic E-state index is 12.0. The second-order valence-corrected chi connectivity index (χ2v) is 5.73. The van der Waals surface area contributed by atoms with Crippen molar-refractivity contribution in [1.82, 2.24) is 10.2 Å². The van der Waals surface area contributed by atoms with Gasteiger partial charge in [0.15, 0.2) is 0 Å². The number of thioether (sulfide) groups is 1. The Kier molecular flexibility index (Phi) is 4.28. The van der Waals surface area contributed by atoms with E-state index in [4.69, 9.17) is 5.11 Å². The third-order valence-corrected chi connectivity index (χ3v) is 4.16. The van der Waals surface area contributed by atoms with Gasteiger partial charge in [0.05, 0.1) is 0 Å². The van der Waals surface area contributed by atoms with E-state index in [0.717, 1.165) is 30.9 Å². The van der Waals surface area contributed by atoms with Crippen LogP contribution in [0, 0.1) is 0 Å². The summed E-state index contributed by atoms with van der Waals surface area (Å²) in [7, 11) is 0. The first kappa shape index (κ1) is 12.7. The molecule has 0 aromatic rings. The first-order valence-corrected chi connectivity index (χ1v) is 7.14. The maximum Gasteiger partial charge on any atom is 0.323 e. The summed E-state index contributed by atoms with van der Waals surface area (Å²) in [4.78, 5) is 24.3. The van der Waals surface area contributed by atoms with Crippen LogP contribution in [0.5, 0.6) is 0 Å². The molecule has 0 radical (unpaired) electrons. The van der Waals surface area contributed by atoms with Crippen LogP contribution in [0.15, 0.2) is 0 Å². The number of hydrogen-bond donors (Lipinski definition) is 2. The Morgan fingerprint density at radius 2 is 2.18 bits per heavy atom. The van der Waals surface area contributed by atoms with Crippen LogP contribution < -0.4 is 5.32 Å². The Balaban J connectivity index is 1.84. The van der Waals surface area contributed by atoms with E-state index >= 15 is 0 Å². The maximum atomic E-state index is 12.0. The summed E-state index contributed by atoms with van der Waals surface area (Å²) in [6.45, 7) is 0.786. The Hall–Kier alpha value is -0.750. The van der Waals surface area contributed by atoms with Crippen LogP contribution in [-0.4, -0.2) is 58.6 Å². The number of nitrogens with zero attached hydrogens (tertiary/aromatic N) is 1. The van der Waals surface area contributed by atoms with Crippen molar-refractivity contribution in [2.24, 2.45) is 0 Å². The fraction of sp³-hybridized carbons (Fsp3) is 0.818. The molecule has 96 valence electrons. The highest BCUT2D eigenvalue weighted by Crippen LogP contribution is 2.27. The number of carbonyl (C=O) groups is 2. The van der Waals surface area contributed by atoms with Crippen molar-refractivity contribution in [3.8, 4) is 0 Å². The number of aliphatic carboxylic acids is 1. The zero-order chi connectivity index (χ0) is 12.3. The number of rotatable bonds is 5. The Bertz CT molecular complexity index is 301. The van der Waals surface area contributed by atoms with E-state index in [9.17, 15) is 9.59 Å². The van der Waals surface area contributed by atoms with Gasteiger partial charge in [0, 0.05) is 36.6 Å². The largest absolute Gasteiger partial charge is 0.480 e. The minimum atomic E-state index is -0.920. The smallest absolute Gasteiger partial charge is 0.323 e. The van der Waals surface area contributed by atoms with Gasteiger partial charge in [0.25, 0.3) is 0 Å². The SMILES string of the molecule is O=C(O)CN(C(=O)CC1CSCCN1)C1CC1. The van der Waals surface area contributed by atoms with Gasteiger partial charge in [-0.2, -0.15) is 11.8 Å². The predicted octanol–water partition coefficient (Wildman–Crippen LogP) is 0.157. The van der Waals surface area contributed by atoms with Crippen LogP contribution in [0.4, 0.5) is 0 Å². The Morgan fingerprint density at radius 1 is 1.41 bits per heavy atom. The van der Waals surface area contributed by atoms with Crippen molar-refractivity contribution in [1.29, 1.82) is 0 Å². The lowest BCUT2D eigenvalue weighted by molar-refractivity contribution is -0.145. The van der Waals surface area contributed by atoms with Crippen molar-refractivity contribution in [2.75, 3.05) is 24.6 Å². The molecule has 1 saturated carbocycles. The highest BCUT2D eigenvalue weighted by atomic mass is 32.2. The van der Waals surface area contributed by atoms with Gasteiger partial charge in [-0.15, -0.1) is 0 Å². The lowest BCUT2D eigenvalue weighted by atomic mass is 10.2. The van der Waals surface area contributed by atoms with Crippen LogP contribution in [0.1, 0.15) is 19.3 Å². The number of carbonyl (C=O) groups excluding carboxylic acids is 1. The van der Waals surface area contributed by atoms with Crippen molar-refractivity contribution in [2.45, 2.75) is 31.3 Å². The molecule has 2 N–H and O–H groups in total. The molecule has 1 aliphatic carbocycles. The number of amides is 1. The summed E-state index contributed by atoms with van der Waals surface area (Å²) in [5.74, 6) is 1.09. The zero-order valence-electron chi connectivity index (χ0n) is 9.72. The van der Waals surface area contributed by atoms with Crippen LogP contribution in [-0.2, 0) is 9.59 Å². The molecule has 0 aromatic carbocycles. The predicted molar refractivity (Wildman–Crippen MR) is 66.1 cm³/mol.